The molecule has 0 aromatic heterocycles. The van der Waals surface area contributed by atoms with Crippen molar-refractivity contribution >= 4 is 31.9 Å². The summed E-state index contributed by atoms with van der Waals surface area (Å²) in [4.78, 5) is 11.0. The van der Waals surface area contributed by atoms with Crippen molar-refractivity contribution in [2.75, 3.05) is 6.61 Å². The third-order valence-corrected chi connectivity index (χ3v) is 4.43. The van der Waals surface area contributed by atoms with E-state index in [1.165, 1.54) is 13.0 Å². The second kappa shape index (κ2) is 4.40. The summed E-state index contributed by atoms with van der Waals surface area (Å²) in [5, 5.41) is 0. The van der Waals surface area contributed by atoms with Gasteiger partial charge in [0.25, 0.3) is 0 Å². The maximum atomic E-state index is 11.8. The second-order valence-electron chi connectivity index (χ2n) is 3.66. The van der Waals surface area contributed by atoms with Gasteiger partial charge < -0.3 is 4.74 Å². The molecule has 1 aromatic carbocycles. The van der Waals surface area contributed by atoms with Gasteiger partial charge in [0.05, 0.1) is 10.9 Å². The molecule has 0 saturated heterocycles. The SMILES string of the molecule is CC(=O)OCC1NS(=O)(=O)c2ccc(Br)cc21. The lowest BCUT2D eigenvalue weighted by molar-refractivity contribution is -0.141. The average Bonchev–Trinajstić information content (AvgIpc) is 2.47. The fourth-order valence-corrected chi connectivity index (χ4v) is 3.51. The third-order valence-electron chi connectivity index (χ3n) is 2.39. The standard InChI is InChI=1S/C10H10BrNO4S/c1-6(13)16-5-9-8-4-7(11)2-3-10(8)17(14,15)12-9/h2-4,9,12H,5H2,1H3. The maximum absolute atomic E-state index is 11.8. The molecule has 1 unspecified atom stereocenters. The van der Waals surface area contributed by atoms with Gasteiger partial charge in [0.1, 0.15) is 6.61 Å². The molecule has 0 spiro atoms. The highest BCUT2D eigenvalue weighted by atomic mass is 79.9. The fraction of sp³-hybridized carbons (Fsp3) is 0.300. The van der Waals surface area contributed by atoms with Gasteiger partial charge in [0.15, 0.2) is 0 Å². The highest BCUT2D eigenvalue weighted by Crippen LogP contribution is 2.32. The van der Waals surface area contributed by atoms with Crippen LogP contribution >= 0.6 is 15.9 Å². The Kier molecular flexibility index (Phi) is 3.24. The van der Waals surface area contributed by atoms with Gasteiger partial charge in [-0.1, -0.05) is 15.9 Å². The first-order valence-corrected chi connectivity index (χ1v) is 7.13. The van der Waals surface area contributed by atoms with E-state index in [0.29, 0.717) is 5.56 Å². The molecule has 1 aliphatic heterocycles. The Hall–Kier alpha value is -0.920. The number of ether oxygens (including phenoxy) is 1. The van der Waals surface area contributed by atoms with Crippen molar-refractivity contribution in [3.63, 3.8) is 0 Å². The number of fused-ring (bicyclic) bond motifs is 1. The Morgan fingerprint density at radius 1 is 1.53 bits per heavy atom. The highest BCUT2D eigenvalue weighted by molar-refractivity contribution is 9.10. The molecule has 1 heterocycles. The predicted octanol–water partition coefficient (Wildman–Crippen LogP) is 1.35. The summed E-state index contributed by atoms with van der Waals surface area (Å²) in [7, 11) is -3.48. The molecule has 1 atom stereocenters. The van der Waals surface area contributed by atoms with Crippen LogP contribution in [-0.2, 0) is 19.6 Å². The van der Waals surface area contributed by atoms with Crippen molar-refractivity contribution in [3.8, 4) is 0 Å². The van der Waals surface area contributed by atoms with E-state index < -0.39 is 22.0 Å². The molecule has 1 aromatic rings. The van der Waals surface area contributed by atoms with E-state index in [1.54, 1.807) is 12.1 Å². The number of rotatable bonds is 2. The number of nitrogens with one attached hydrogen (secondary N) is 1. The zero-order chi connectivity index (χ0) is 12.6. The van der Waals surface area contributed by atoms with E-state index >= 15 is 0 Å². The van der Waals surface area contributed by atoms with Crippen molar-refractivity contribution in [3.05, 3.63) is 28.2 Å². The molecule has 1 N–H and O–H groups in total. The topological polar surface area (TPSA) is 72.5 Å². The summed E-state index contributed by atoms with van der Waals surface area (Å²) in [5.41, 5.74) is 0.612. The van der Waals surface area contributed by atoms with Crippen LogP contribution in [0.25, 0.3) is 0 Å². The number of halogens is 1. The first kappa shape index (κ1) is 12.5. The van der Waals surface area contributed by atoms with E-state index in [0.717, 1.165) is 4.47 Å². The Balaban J connectivity index is 2.36. The minimum Gasteiger partial charge on any atom is -0.464 e. The van der Waals surface area contributed by atoms with Crippen molar-refractivity contribution in [1.82, 2.24) is 4.72 Å². The average molecular weight is 320 g/mol. The van der Waals surface area contributed by atoms with Crippen LogP contribution < -0.4 is 4.72 Å². The molecular weight excluding hydrogens is 310 g/mol. The minimum absolute atomic E-state index is 0.00197. The molecule has 0 fully saturated rings. The molecule has 1 aliphatic rings. The van der Waals surface area contributed by atoms with Gasteiger partial charge in [0.2, 0.25) is 10.0 Å². The van der Waals surface area contributed by atoms with Crippen LogP contribution in [0.2, 0.25) is 0 Å². The van der Waals surface area contributed by atoms with Gasteiger partial charge in [0, 0.05) is 11.4 Å². The summed E-state index contributed by atoms with van der Waals surface area (Å²) in [6, 6.07) is 4.37. The number of carbonyl (C=O) groups excluding carboxylic acids is 1. The monoisotopic (exact) mass is 319 g/mol. The molecule has 5 nitrogen and oxygen atoms in total. The summed E-state index contributed by atoms with van der Waals surface area (Å²) in [6.45, 7) is 1.28. The summed E-state index contributed by atoms with van der Waals surface area (Å²) < 4.78 is 31.6. The Morgan fingerprint density at radius 2 is 2.24 bits per heavy atom. The van der Waals surface area contributed by atoms with Gasteiger partial charge in [-0.25, -0.2) is 13.1 Å². The number of hydrogen-bond acceptors (Lipinski definition) is 4. The molecular formula is C10H10BrNO4S. The quantitative estimate of drug-likeness (QED) is 0.835. The molecule has 0 bridgehead atoms. The van der Waals surface area contributed by atoms with Crippen LogP contribution in [0, 0.1) is 0 Å². The molecule has 0 amide bonds. The largest absolute Gasteiger partial charge is 0.464 e. The van der Waals surface area contributed by atoms with Crippen LogP contribution in [0.1, 0.15) is 18.5 Å². The van der Waals surface area contributed by atoms with Crippen molar-refractivity contribution < 1.29 is 17.9 Å². The van der Waals surface area contributed by atoms with E-state index in [4.69, 9.17) is 4.74 Å². The van der Waals surface area contributed by atoms with E-state index in [2.05, 4.69) is 20.7 Å². The zero-order valence-corrected chi connectivity index (χ0v) is 11.3. The first-order valence-electron chi connectivity index (χ1n) is 4.85. The lowest BCUT2D eigenvalue weighted by Crippen LogP contribution is -2.24. The predicted molar refractivity (Wildman–Crippen MR) is 63.8 cm³/mol. The van der Waals surface area contributed by atoms with E-state index in [9.17, 15) is 13.2 Å². The van der Waals surface area contributed by atoms with Crippen LogP contribution in [0.15, 0.2) is 27.6 Å². The lowest BCUT2D eigenvalue weighted by Gasteiger charge is -2.10. The Morgan fingerprint density at radius 3 is 2.88 bits per heavy atom. The van der Waals surface area contributed by atoms with Gasteiger partial charge >= 0.3 is 5.97 Å². The number of carbonyl (C=O) groups is 1. The molecule has 0 aliphatic carbocycles. The third kappa shape index (κ3) is 2.51. The molecule has 0 radical (unpaired) electrons. The number of hydrogen-bond donors (Lipinski definition) is 1. The van der Waals surface area contributed by atoms with Gasteiger partial charge in [-0.2, -0.15) is 0 Å². The van der Waals surface area contributed by atoms with E-state index in [-0.39, 0.29) is 11.5 Å². The molecule has 0 saturated carbocycles. The summed E-state index contributed by atoms with van der Waals surface area (Å²) >= 11 is 3.28. The van der Waals surface area contributed by atoms with E-state index in [1.807, 2.05) is 0 Å². The van der Waals surface area contributed by atoms with Crippen LogP contribution in [-0.4, -0.2) is 21.0 Å². The highest BCUT2D eigenvalue weighted by Gasteiger charge is 2.34. The second-order valence-corrected chi connectivity index (χ2v) is 6.26. The Bertz CT molecular complexity index is 570. The number of esters is 1. The fourth-order valence-electron chi connectivity index (χ4n) is 1.68. The molecule has 7 heteroatoms. The number of sulfonamides is 1. The normalized spacial score (nSPS) is 20.9. The summed E-state index contributed by atoms with van der Waals surface area (Å²) in [5.74, 6) is -0.437. The lowest BCUT2D eigenvalue weighted by atomic mass is 10.1. The first-order chi connectivity index (χ1) is 7.90. The smallest absolute Gasteiger partial charge is 0.302 e. The minimum atomic E-state index is -3.48. The van der Waals surface area contributed by atoms with Crippen LogP contribution in [0.3, 0.4) is 0 Å². The Labute approximate surface area is 107 Å². The molecule has 2 rings (SSSR count). The van der Waals surface area contributed by atoms with Crippen LogP contribution in [0.5, 0.6) is 0 Å². The molecule has 92 valence electrons. The van der Waals surface area contributed by atoms with Crippen molar-refractivity contribution in [2.24, 2.45) is 0 Å². The van der Waals surface area contributed by atoms with Crippen LogP contribution in [0.4, 0.5) is 0 Å². The van der Waals surface area contributed by atoms with Crippen molar-refractivity contribution in [1.29, 1.82) is 0 Å². The van der Waals surface area contributed by atoms with Gasteiger partial charge in [-0.3, -0.25) is 4.79 Å². The maximum Gasteiger partial charge on any atom is 0.302 e. The van der Waals surface area contributed by atoms with Gasteiger partial charge in [-0.05, 0) is 23.8 Å². The number of benzene rings is 1. The summed E-state index contributed by atoms with van der Waals surface area (Å²) in [6.07, 6.45) is 0. The molecule has 17 heavy (non-hydrogen) atoms. The van der Waals surface area contributed by atoms with Crippen molar-refractivity contribution in [2.45, 2.75) is 17.9 Å². The zero-order valence-electron chi connectivity index (χ0n) is 8.94. The van der Waals surface area contributed by atoms with Gasteiger partial charge in [-0.15, -0.1) is 0 Å².